The Balaban J connectivity index is 1.94. The fraction of sp³-hybridized carbons (Fsp3) is 0.391. The van der Waals surface area contributed by atoms with Gasteiger partial charge in [-0.25, -0.2) is 0 Å². The van der Waals surface area contributed by atoms with E-state index in [0.717, 1.165) is 5.56 Å². The van der Waals surface area contributed by atoms with Gasteiger partial charge in [-0.3, -0.25) is 9.59 Å². The maximum atomic E-state index is 12.3. The maximum Gasteiger partial charge on any atom is 0.251 e. The number of ether oxygens (including phenoxy) is 2. The molecule has 2 rings (SSSR count). The second-order valence-electron chi connectivity index (χ2n) is 7.59. The van der Waals surface area contributed by atoms with Crippen LogP contribution in [0.3, 0.4) is 0 Å². The van der Waals surface area contributed by atoms with Gasteiger partial charge >= 0.3 is 0 Å². The lowest BCUT2D eigenvalue weighted by atomic mass is 9.87. The number of benzene rings is 2. The molecule has 0 fully saturated rings. The normalized spacial score (nSPS) is 10.9. The minimum absolute atomic E-state index is 0.0208. The summed E-state index contributed by atoms with van der Waals surface area (Å²) < 4.78 is 11.1. The summed E-state index contributed by atoms with van der Waals surface area (Å²) in [6.45, 7) is 11.0. The van der Waals surface area contributed by atoms with Crippen LogP contribution < -0.4 is 20.1 Å². The van der Waals surface area contributed by atoms with Crippen molar-refractivity contribution in [3.05, 3.63) is 53.6 Å². The van der Waals surface area contributed by atoms with Gasteiger partial charge in [-0.1, -0.05) is 32.9 Å². The molecule has 0 aromatic heterocycles. The van der Waals surface area contributed by atoms with Gasteiger partial charge in [0.1, 0.15) is 0 Å². The topological polar surface area (TPSA) is 76.7 Å². The van der Waals surface area contributed by atoms with Crippen LogP contribution in [-0.2, 0) is 10.2 Å². The van der Waals surface area contributed by atoms with E-state index in [1.165, 1.54) is 0 Å². The van der Waals surface area contributed by atoms with E-state index in [0.29, 0.717) is 36.0 Å². The summed E-state index contributed by atoms with van der Waals surface area (Å²) in [7, 11) is 0. The summed E-state index contributed by atoms with van der Waals surface area (Å²) >= 11 is 0. The van der Waals surface area contributed by atoms with E-state index in [2.05, 4.69) is 31.4 Å². The SMILES string of the molecule is CCOc1ccc(NC(=O)CNC(=O)c2ccc(C(C)(C)C)cc2)cc1OCC. The van der Waals surface area contributed by atoms with Gasteiger partial charge in [0.05, 0.1) is 19.8 Å². The maximum absolute atomic E-state index is 12.3. The molecule has 0 saturated heterocycles. The van der Waals surface area contributed by atoms with Crippen LogP contribution in [0.25, 0.3) is 0 Å². The van der Waals surface area contributed by atoms with Crippen LogP contribution in [0.15, 0.2) is 42.5 Å². The van der Waals surface area contributed by atoms with E-state index < -0.39 is 0 Å². The Bertz CT molecular complexity index is 839. The molecule has 0 spiro atoms. The molecular weight excluding hydrogens is 368 g/mol. The zero-order valence-corrected chi connectivity index (χ0v) is 17.8. The Hall–Kier alpha value is -3.02. The third-order valence-electron chi connectivity index (χ3n) is 4.25. The predicted molar refractivity (Wildman–Crippen MR) is 115 cm³/mol. The van der Waals surface area contributed by atoms with E-state index >= 15 is 0 Å². The highest BCUT2D eigenvalue weighted by atomic mass is 16.5. The van der Waals surface area contributed by atoms with E-state index in [4.69, 9.17) is 9.47 Å². The molecule has 2 aromatic rings. The van der Waals surface area contributed by atoms with Crippen molar-refractivity contribution >= 4 is 17.5 Å². The summed E-state index contributed by atoms with van der Waals surface area (Å²) in [5.74, 6) is 0.577. The van der Waals surface area contributed by atoms with Crippen molar-refractivity contribution in [1.82, 2.24) is 5.32 Å². The molecule has 6 nitrogen and oxygen atoms in total. The van der Waals surface area contributed by atoms with Gasteiger partial charge in [-0.2, -0.15) is 0 Å². The first-order valence-electron chi connectivity index (χ1n) is 9.82. The molecule has 0 unspecified atom stereocenters. The van der Waals surface area contributed by atoms with Crippen molar-refractivity contribution in [2.24, 2.45) is 0 Å². The van der Waals surface area contributed by atoms with Crippen molar-refractivity contribution in [2.75, 3.05) is 25.1 Å². The Labute approximate surface area is 172 Å². The van der Waals surface area contributed by atoms with Gasteiger partial charge < -0.3 is 20.1 Å². The van der Waals surface area contributed by atoms with Crippen molar-refractivity contribution in [3.8, 4) is 11.5 Å². The number of rotatable bonds is 8. The zero-order valence-electron chi connectivity index (χ0n) is 17.8. The first-order valence-corrected chi connectivity index (χ1v) is 9.82. The monoisotopic (exact) mass is 398 g/mol. The number of carbonyl (C=O) groups is 2. The molecule has 6 heteroatoms. The molecule has 0 heterocycles. The van der Waals surface area contributed by atoms with Crippen molar-refractivity contribution < 1.29 is 19.1 Å². The van der Waals surface area contributed by atoms with E-state index in [1.54, 1.807) is 30.3 Å². The number of hydrogen-bond acceptors (Lipinski definition) is 4. The summed E-state index contributed by atoms with van der Waals surface area (Å²) in [5.41, 5.74) is 2.26. The van der Waals surface area contributed by atoms with Crippen LogP contribution in [0.4, 0.5) is 5.69 Å². The van der Waals surface area contributed by atoms with Crippen molar-refractivity contribution in [2.45, 2.75) is 40.0 Å². The lowest BCUT2D eigenvalue weighted by Crippen LogP contribution is -2.32. The van der Waals surface area contributed by atoms with Gasteiger partial charge in [-0.05, 0) is 49.1 Å². The predicted octanol–water partition coefficient (Wildman–Crippen LogP) is 4.15. The average Bonchev–Trinajstić information content (AvgIpc) is 2.68. The smallest absolute Gasteiger partial charge is 0.251 e. The van der Waals surface area contributed by atoms with E-state index in [1.807, 2.05) is 26.0 Å². The van der Waals surface area contributed by atoms with E-state index in [-0.39, 0.29) is 23.8 Å². The number of hydrogen-bond donors (Lipinski definition) is 2. The lowest BCUT2D eigenvalue weighted by Gasteiger charge is -2.19. The number of carbonyl (C=O) groups excluding carboxylic acids is 2. The Morgan fingerprint density at radius 2 is 1.52 bits per heavy atom. The molecular formula is C23H30N2O4. The molecule has 0 bridgehead atoms. The molecule has 0 saturated carbocycles. The van der Waals surface area contributed by atoms with Crippen LogP contribution in [-0.4, -0.2) is 31.6 Å². The Kier molecular flexibility index (Phi) is 7.65. The molecule has 0 aliphatic rings. The van der Waals surface area contributed by atoms with Crippen LogP contribution in [0.2, 0.25) is 0 Å². The highest BCUT2D eigenvalue weighted by molar-refractivity contribution is 5.99. The number of nitrogens with one attached hydrogen (secondary N) is 2. The van der Waals surface area contributed by atoms with Gasteiger partial charge in [0, 0.05) is 17.3 Å². The second kappa shape index (κ2) is 9.96. The van der Waals surface area contributed by atoms with Crippen molar-refractivity contribution in [1.29, 1.82) is 0 Å². The molecule has 2 N–H and O–H groups in total. The Morgan fingerprint density at radius 3 is 2.10 bits per heavy atom. The molecule has 0 aliphatic heterocycles. The first-order chi connectivity index (χ1) is 13.7. The van der Waals surface area contributed by atoms with Gasteiger partial charge in [0.25, 0.3) is 5.91 Å². The summed E-state index contributed by atoms with van der Waals surface area (Å²) in [6, 6.07) is 12.6. The van der Waals surface area contributed by atoms with Crippen LogP contribution >= 0.6 is 0 Å². The summed E-state index contributed by atoms with van der Waals surface area (Å²) in [6.07, 6.45) is 0. The summed E-state index contributed by atoms with van der Waals surface area (Å²) in [5, 5.41) is 5.40. The zero-order chi connectivity index (χ0) is 21.4. The third-order valence-corrected chi connectivity index (χ3v) is 4.25. The lowest BCUT2D eigenvalue weighted by molar-refractivity contribution is -0.115. The quantitative estimate of drug-likeness (QED) is 0.700. The molecule has 0 atom stereocenters. The van der Waals surface area contributed by atoms with Crippen LogP contribution in [0.5, 0.6) is 11.5 Å². The van der Waals surface area contributed by atoms with Gasteiger partial charge in [0.2, 0.25) is 5.91 Å². The molecule has 2 amide bonds. The van der Waals surface area contributed by atoms with Gasteiger partial charge in [-0.15, -0.1) is 0 Å². The molecule has 0 aliphatic carbocycles. The first kappa shape index (κ1) is 22.3. The molecule has 2 aromatic carbocycles. The second-order valence-corrected chi connectivity index (χ2v) is 7.59. The standard InChI is InChI=1S/C23H30N2O4/c1-6-28-19-13-12-18(14-20(19)29-7-2)25-21(26)15-24-22(27)16-8-10-17(11-9-16)23(3,4)5/h8-14H,6-7,15H2,1-5H3,(H,24,27)(H,25,26). The molecule has 29 heavy (non-hydrogen) atoms. The highest BCUT2D eigenvalue weighted by Crippen LogP contribution is 2.30. The highest BCUT2D eigenvalue weighted by Gasteiger charge is 2.15. The Morgan fingerprint density at radius 1 is 0.897 bits per heavy atom. The van der Waals surface area contributed by atoms with Gasteiger partial charge in [0.15, 0.2) is 11.5 Å². The van der Waals surface area contributed by atoms with Crippen molar-refractivity contribution in [3.63, 3.8) is 0 Å². The van der Waals surface area contributed by atoms with E-state index in [9.17, 15) is 9.59 Å². The minimum atomic E-state index is -0.323. The number of amides is 2. The number of anilines is 1. The average molecular weight is 399 g/mol. The molecule has 0 radical (unpaired) electrons. The van der Waals surface area contributed by atoms with Crippen LogP contribution in [0, 0.1) is 0 Å². The minimum Gasteiger partial charge on any atom is -0.490 e. The molecule has 156 valence electrons. The fourth-order valence-electron chi connectivity index (χ4n) is 2.72. The summed E-state index contributed by atoms with van der Waals surface area (Å²) in [4.78, 5) is 24.5. The fourth-order valence-corrected chi connectivity index (χ4v) is 2.72. The largest absolute Gasteiger partial charge is 0.490 e. The van der Waals surface area contributed by atoms with Crippen LogP contribution in [0.1, 0.15) is 50.5 Å². The third kappa shape index (κ3) is 6.52.